The Kier molecular flexibility index (Phi) is 5.93. The van der Waals surface area contributed by atoms with Gasteiger partial charge in [0.25, 0.3) is 5.91 Å². The summed E-state index contributed by atoms with van der Waals surface area (Å²) in [5.41, 5.74) is 9.56. The standard InChI is InChI=1S/C24H24N4O3/c25-24-26-14-20(22(27-24)19-4-2-1-3-5-19)23(31)28-11-10-18(15-28)12-16-6-8-17(9-7-16)13-21(29)30/h1-9,14,18H,10-13,15H2,(H,29,30)(H2,25,26,27). The molecule has 1 saturated heterocycles. The van der Waals surface area contributed by atoms with E-state index < -0.39 is 5.97 Å². The molecule has 0 spiro atoms. The number of carbonyl (C=O) groups is 2. The van der Waals surface area contributed by atoms with E-state index in [4.69, 9.17) is 10.8 Å². The molecular formula is C24H24N4O3. The Labute approximate surface area is 180 Å². The van der Waals surface area contributed by atoms with Gasteiger partial charge in [0.15, 0.2) is 0 Å². The number of benzene rings is 2. The predicted molar refractivity (Wildman–Crippen MR) is 117 cm³/mol. The minimum absolute atomic E-state index is 0.0272. The van der Waals surface area contributed by atoms with E-state index in [2.05, 4.69) is 9.97 Å². The summed E-state index contributed by atoms with van der Waals surface area (Å²) in [5, 5.41) is 8.90. The zero-order valence-electron chi connectivity index (χ0n) is 17.1. The van der Waals surface area contributed by atoms with Gasteiger partial charge in [-0.3, -0.25) is 9.59 Å². The Morgan fingerprint density at radius 2 is 1.77 bits per heavy atom. The highest BCUT2D eigenvalue weighted by Crippen LogP contribution is 2.27. The fourth-order valence-corrected chi connectivity index (χ4v) is 4.02. The van der Waals surface area contributed by atoms with Gasteiger partial charge >= 0.3 is 5.97 Å². The number of rotatable bonds is 6. The third-order valence-corrected chi connectivity index (χ3v) is 5.56. The number of carboxylic acid groups (broad SMARTS) is 1. The Morgan fingerprint density at radius 1 is 1.06 bits per heavy atom. The number of hydrogen-bond donors (Lipinski definition) is 2. The van der Waals surface area contributed by atoms with Crippen LogP contribution in [0, 0.1) is 5.92 Å². The number of nitrogens with two attached hydrogens (primary N) is 1. The number of carboxylic acids is 1. The van der Waals surface area contributed by atoms with Crippen LogP contribution >= 0.6 is 0 Å². The highest BCUT2D eigenvalue weighted by atomic mass is 16.4. The Morgan fingerprint density at radius 3 is 2.48 bits per heavy atom. The molecule has 31 heavy (non-hydrogen) atoms. The fourth-order valence-electron chi connectivity index (χ4n) is 4.02. The second-order valence-electron chi connectivity index (χ2n) is 7.85. The van der Waals surface area contributed by atoms with Crippen molar-refractivity contribution < 1.29 is 14.7 Å². The lowest BCUT2D eigenvalue weighted by atomic mass is 9.97. The molecule has 1 aliphatic rings. The summed E-state index contributed by atoms with van der Waals surface area (Å²) in [5.74, 6) is -0.428. The molecule has 7 nitrogen and oxygen atoms in total. The van der Waals surface area contributed by atoms with Crippen LogP contribution in [0.15, 0.2) is 60.8 Å². The number of likely N-dealkylation sites (tertiary alicyclic amines) is 1. The minimum atomic E-state index is -0.834. The van der Waals surface area contributed by atoms with E-state index in [0.717, 1.165) is 29.5 Å². The Bertz CT molecular complexity index is 1080. The molecule has 0 bridgehead atoms. The second-order valence-corrected chi connectivity index (χ2v) is 7.85. The molecular weight excluding hydrogens is 392 g/mol. The summed E-state index contributed by atoms with van der Waals surface area (Å²) >= 11 is 0. The molecule has 0 saturated carbocycles. The molecule has 1 unspecified atom stereocenters. The summed E-state index contributed by atoms with van der Waals surface area (Å²) in [7, 11) is 0. The molecule has 1 fully saturated rings. The van der Waals surface area contributed by atoms with Gasteiger partial charge in [0.05, 0.1) is 17.7 Å². The molecule has 0 radical (unpaired) electrons. The van der Waals surface area contributed by atoms with Gasteiger partial charge in [-0.25, -0.2) is 9.97 Å². The summed E-state index contributed by atoms with van der Waals surface area (Å²) < 4.78 is 0. The first-order valence-corrected chi connectivity index (χ1v) is 10.3. The maximum atomic E-state index is 13.2. The van der Waals surface area contributed by atoms with Crippen molar-refractivity contribution in [1.82, 2.24) is 14.9 Å². The SMILES string of the molecule is Nc1ncc(C(=O)N2CCC(Cc3ccc(CC(=O)O)cc3)C2)c(-c2ccccc2)n1. The van der Waals surface area contributed by atoms with E-state index in [1.165, 1.54) is 6.20 Å². The van der Waals surface area contributed by atoms with Gasteiger partial charge in [0, 0.05) is 24.8 Å². The van der Waals surface area contributed by atoms with Crippen LogP contribution in [0.2, 0.25) is 0 Å². The summed E-state index contributed by atoms with van der Waals surface area (Å²) in [6.45, 7) is 1.34. The lowest BCUT2D eigenvalue weighted by Crippen LogP contribution is -2.30. The van der Waals surface area contributed by atoms with E-state index in [1.54, 1.807) is 0 Å². The van der Waals surface area contributed by atoms with Crippen molar-refractivity contribution in [3.63, 3.8) is 0 Å². The molecule has 1 aliphatic heterocycles. The number of nitrogens with zero attached hydrogens (tertiary/aromatic N) is 3. The summed E-state index contributed by atoms with van der Waals surface area (Å²) in [6.07, 6.45) is 3.31. The van der Waals surface area contributed by atoms with Crippen molar-refractivity contribution >= 4 is 17.8 Å². The molecule has 1 atom stereocenters. The number of anilines is 1. The molecule has 1 amide bonds. The molecule has 0 aliphatic carbocycles. The lowest BCUT2D eigenvalue weighted by molar-refractivity contribution is -0.136. The van der Waals surface area contributed by atoms with Crippen molar-refractivity contribution in [2.24, 2.45) is 5.92 Å². The van der Waals surface area contributed by atoms with Gasteiger partial charge in [-0.1, -0.05) is 54.6 Å². The van der Waals surface area contributed by atoms with E-state index >= 15 is 0 Å². The molecule has 1 aromatic heterocycles. The van der Waals surface area contributed by atoms with Crippen LogP contribution in [-0.2, 0) is 17.6 Å². The zero-order chi connectivity index (χ0) is 21.8. The second kappa shape index (κ2) is 8.95. The molecule has 3 aromatic rings. The highest BCUT2D eigenvalue weighted by Gasteiger charge is 2.29. The molecule has 158 valence electrons. The van der Waals surface area contributed by atoms with E-state index in [9.17, 15) is 9.59 Å². The number of aromatic nitrogens is 2. The molecule has 3 N–H and O–H groups in total. The van der Waals surface area contributed by atoms with Crippen molar-refractivity contribution in [2.75, 3.05) is 18.8 Å². The number of hydrogen-bond acceptors (Lipinski definition) is 5. The maximum absolute atomic E-state index is 13.2. The van der Waals surface area contributed by atoms with Gasteiger partial charge in [-0.05, 0) is 29.9 Å². The Hall–Kier alpha value is -3.74. The van der Waals surface area contributed by atoms with Crippen LogP contribution in [0.25, 0.3) is 11.3 Å². The number of amides is 1. The summed E-state index contributed by atoms with van der Waals surface area (Å²) in [4.78, 5) is 34.3. The smallest absolute Gasteiger partial charge is 0.307 e. The summed E-state index contributed by atoms with van der Waals surface area (Å²) in [6, 6.07) is 17.2. The lowest BCUT2D eigenvalue weighted by Gasteiger charge is -2.18. The molecule has 2 aromatic carbocycles. The quantitative estimate of drug-likeness (QED) is 0.639. The average molecular weight is 416 g/mol. The van der Waals surface area contributed by atoms with Gasteiger partial charge in [-0.15, -0.1) is 0 Å². The monoisotopic (exact) mass is 416 g/mol. The number of aliphatic carboxylic acids is 1. The average Bonchev–Trinajstić information content (AvgIpc) is 3.23. The first-order chi connectivity index (χ1) is 15.0. The van der Waals surface area contributed by atoms with Gasteiger partial charge in [0.1, 0.15) is 0 Å². The largest absolute Gasteiger partial charge is 0.481 e. The highest BCUT2D eigenvalue weighted by molar-refractivity contribution is 6.00. The Balaban J connectivity index is 1.45. The van der Waals surface area contributed by atoms with E-state index in [0.29, 0.717) is 30.3 Å². The third-order valence-electron chi connectivity index (χ3n) is 5.56. The van der Waals surface area contributed by atoms with Crippen molar-refractivity contribution in [2.45, 2.75) is 19.3 Å². The normalized spacial score (nSPS) is 15.7. The van der Waals surface area contributed by atoms with Crippen LogP contribution < -0.4 is 5.73 Å². The fraction of sp³-hybridized carbons (Fsp3) is 0.250. The van der Waals surface area contributed by atoms with Crippen LogP contribution in [0.1, 0.15) is 27.9 Å². The van der Waals surface area contributed by atoms with Crippen LogP contribution in [-0.4, -0.2) is 44.9 Å². The van der Waals surface area contributed by atoms with Crippen molar-refractivity contribution in [3.05, 3.63) is 77.5 Å². The van der Waals surface area contributed by atoms with Crippen LogP contribution in [0.4, 0.5) is 5.95 Å². The third kappa shape index (κ3) is 4.88. The number of nitrogen functional groups attached to an aromatic ring is 1. The van der Waals surface area contributed by atoms with Crippen molar-refractivity contribution in [1.29, 1.82) is 0 Å². The van der Waals surface area contributed by atoms with Gasteiger partial charge < -0.3 is 15.7 Å². The first-order valence-electron chi connectivity index (χ1n) is 10.3. The van der Waals surface area contributed by atoms with Crippen LogP contribution in [0.3, 0.4) is 0 Å². The van der Waals surface area contributed by atoms with Gasteiger partial charge in [0.2, 0.25) is 5.95 Å². The van der Waals surface area contributed by atoms with E-state index in [-0.39, 0.29) is 18.3 Å². The number of carbonyl (C=O) groups excluding carboxylic acids is 1. The van der Waals surface area contributed by atoms with Crippen LogP contribution in [0.5, 0.6) is 0 Å². The molecule has 2 heterocycles. The maximum Gasteiger partial charge on any atom is 0.307 e. The predicted octanol–water partition coefficient (Wildman–Crippen LogP) is 3.06. The van der Waals surface area contributed by atoms with Gasteiger partial charge in [-0.2, -0.15) is 0 Å². The van der Waals surface area contributed by atoms with Crippen molar-refractivity contribution in [3.8, 4) is 11.3 Å². The topological polar surface area (TPSA) is 109 Å². The minimum Gasteiger partial charge on any atom is -0.481 e. The first kappa shape index (κ1) is 20.5. The van der Waals surface area contributed by atoms with E-state index in [1.807, 2.05) is 59.5 Å². The molecule has 4 rings (SSSR count). The molecule has 7 heteroatoms. The zero-order valence-corrected chi connectivity index (χ0v) is 17.1.